The van der Waals surface area contributed by atoms with Gasteiger partial charge in [-0.15, -0.1) is 0 Å². The first-order chi connectivity index (χ1) is 13.9. The number of pyridine rings is 1. The number of nitrogens with zero attached hydrogens (tertiary/aromatic N) is 3. The number of rotatable bonds is 8. The summed E-state index contributed by atoms with van der Waals surface area (Å²) in [5, 5.41) is 3.30. The second-order valence-electron chi connectivity index (χ2n) is 7.00. The van der Waals surface area contributed by atoms with Crippen molar-refractivity contribution in [3.63, 3.8) is 0 Å². The topological polar surface area (TPSA) is 84.0 Å². The van der Waals surface area contributed by atoms with Gasteiger partial charge in [0.2, 0.25) is 10.0 Å². The number of methoxy groups -OCH3 is 1. The first-order valence-electron chi connectivity index (χ1n) is 9.50. The highest BCUT2D eigenvalue weighted by Crippen LogP contribution is 2.28. The maximum Gasteiger partial charge on any atom is 0.244 e. The summed E-state index contributed by atoms with van der Waals surface area (Å²) < 4.78 is 37.6. The molecule has 2 aromatic rings. The number of hydrogen-bond donors (Lipinski definition) is 1. The summed E-state index contributed by atoms with van der Waals surface area (Å²) in [5.41, 5.74) is 1.07. The standard InChI is InChI=1S/C20H28N4O4S/c1-23(2)18(17-6-4-5-7-19(17)27-3)15-22-20-9-8-16(14-21-20)29(25,26)24-10-12-28-13-11-24/h4-9,14,18H,10-13,15H2,1-3H3,(H,21,22)/t18-/m0/s1. The van der Waals surface area contributed by atoms with Gasteiger partial charge in [0.1, 0.15) is 16.5 Å². The van der Waals surface area contributed by atoms with E-state index in [9.17, 15) is 8.42 Å². The maximum absolute atomic E-state index is 12.7. The number of benzene rings is 1. The molecule has 9 heteroatoms. The maximum atomic E-state index is 12.7. The lowest BCUT2D eigenvalue weighted by Crippen LogP contribution is -2.40. The fourth-order valence-corrected chi connectivity index (χ4v) is 4.64. The van der Waals surface area contributed by atoms with Crippen LogP contribution in [0.1, 0.15) is 11.6 Å². The van der Waals surface area contributed by atoms with Crippen molar-refractivity contribution in [1.29, 1.82) is 0 Å². The molecule has 0 aliphatic carbocycles. The van der Waals surface area contributed by atoms with Crippen LogP contribution >= 0.6 is 0 Å². The smallest absolute Gasteiger partial charge is 0.244 e. The van der Waals surface area contributed by atoms with E-state index in [1.807, 2.05) is 38.4 Å². The fourth-order valence-electron chi connectivity index (χ4n) is 3.29. The Morgan fingerprint density at radius 3 is 2.55 bits per heavy atom. The minimum absolute atomic E-state index is 0.0599. The molecule has 0 bridgehead atoms. The Bertz CT molecular complexity index is 897. The van der Waals surface area contributed by atoms with Crippen molar-refractivity contribution in [1.82, 2.24) is 14.2 Å². The Balaban J connectivity index is 1.70. The van der Waals surface area contributed by atoms with E-state index in [2.05, 4.69) is 15.2 Å². The number of para-hydroxylation sites is 1. The van der Waals surface area contributed by atoms with E-state index in [1.165, 1.54) is 10.5 Å². The molecule has 158 valence electrons. The van der Waals surface area contributed by atoms with Gasteiger partial charge in [0, 0.05) is 31.4 Å². The second-order valence-corrected chi connectivity index (χ2v) is 8.94. The molecule has 1 fully saturated rings. The highest BCUT2D eigenvalue weighted by molar-refractivity contribution is 7.89. The van der Waals surface area contributed by atoms with Crippen LogP contribution in [0.2, 0.25) is 0 Å². The molecule has 1 aliphatic heterocycles. The Morgan fingerprint density at radius 2 is 1.93 bits per heavy atom. The second kappa shape index (κ2) is 9.53. The molecule has 1 saturated heterocycles. The number of aromatic nitrogens is 1. The van der Waals surface area contributed by atoms with Crippen LogP contribution in [0.4, 0.5) is 5.82 Å². The Labute approximate surface area is 172 Å². The van der Waals surface area contributed by atoms with Gasteiger partial charge in [0.15, 0.2) is 0 Å². The minimum Gasteiger partial charge on any atom is -0.496 e. The molecular formula is C20H28N4O4S. The lowest BCUT2D eigenvalue weighted by molar-refractivity contribution is 0.0730. The van der Waals surface area contributed by atoms with Crippen molar-refractivity contribution in [2.24, 2.45) is 0 Å². The molecule has 0 radical (unpaired) electrons. The number of ether oxygens (including phenoxy) is 2. The number of morpholine rings is 1. The molecule has 1 aromatic carbocycles. The average Bonchev–Trinajstić information content (AvgIpc) is 2.75. The zero-order valence-corrected chi connectivity index (χ0v) is 17.9. The monoisotopic (exact) mass is 420 g/mol. The Hall–Kier alpha value is -2.20. The van der Waals surface area contributed by atoms with Gasteiger partial charge in [-0.1, -0.05) is 18.2 Å². The van der Waals surface area contributed by atoms with Gasteiger partial charge in [-0.05, 0) is 32.3 Å². The molecular weight excluding hydrogens is 392 g/mol. The summed E-state index contributed by atoms with van der Waals surface area (Å²) in [6, 6.07) is 11.3. The molecule has 29 heavy (non-hydrogen) atoms. The lowest BCUT2D eigenvalue weighted by Gasteiger charge is -2.27. The summed E-state index contributed by atoms with van der Waals surface area (Å²) in [4.78, 5) is 6.60. The van der Waals surface area contributed by atoms with E-state index in [1.54, 1.807) is 19.2 Å². The molecule has 2 heterocycles. The van der Waals surface area contributed by atoms with Gasteiger partial charge in [0.25, 0.3) is 0 Å². The third kappa shape index (κ3) is 5.05. The Morgan fingerprint density at radius 1 is 1.21 bits per heavy atom. The summed E-state index contributed by atoms with van der Waals surface area (Å²) in [6.07, 6.45) is 1.40. The molecule has 0 amide bonds. The number of sulfonamides is 1. The third-order valence-electron chi connectivity index (χ3n) is 4.94. The van der Waals surface area contributed by atoms with Crippen LogP contribution in [0.15, 0.2) is 47.5 Å². The lowest BCUT2D eigenvalue weighted by atomic mass is 10.0. The van der Waals surface area contributed by atoms with E-state index in [4.69, 9.17) is 9.47 Å². The molecule has 1 atom stereocenters. The molecule has 0 unspecified atom stereocenters. The van der Waals surface area contributed by atoms with Crippen molar-refractivity contribution in [2.75, 3.05) is 59.4 Å². The SMILES string of the molecule is COc1ccccc1[C@H](CNc1ccc(S(=O)(=O)N2CCOCC2)cn1)N(C)C. The van der Waals surface area contributed by atoms with E-state index < -0.39 is 10.0 Å². The molecule has 8 nitrogen and oxygen atoms in total. The largest absolute Gasteiger partial charge is 0.496 e. The zero-order valence-electron chi connectivity index (χ0n) is 17.0. The average molecular weight is 421 g/mol. The predicted molar refractivity (Wildman–Crippen MR) is 112 cm³/mol. The van der Waals surface area contributed by atoms with E-state index in [-0.39, 0.29) is 10.9 Å². The van der Waals surface area contributed by atoms with Gasteiger partial charge in [-0.2, -0.15) is 4.31 Å². The zero-order chi connectivity index (χ0) is 20.9. The summed E-state index contributed by atoms with van der Waals surface area (Å²) >= 11 is 0. The van der Waals surface area contributed by atoms with Crippen LogP contribution in [-0.2, 0) is 14.8 Å². The van der Waals surface area contributed by atoms with Crippen molar-refractivity contribution in [3.05, 3.63) is 48.2 Å². The highest BCUT2D eigenvalue weighted by atomic mass is 32.2. The first-order valence-corrected chi connectivity index (χ1v) is 10.9. The van der Waals surface area contributed by atoms with Crippen LogP contribution < -0.4 is 10.1 Å². The molecule has 0 spiro atoms. The molecule has 3 rings (SSSR count). The predicted octanol–water partition coefficient (Wildman–Crippen LogP) is 1.83. The summed E-state index contributed by atoms with van der Waals surface area (Å²) in [7, 11) is 2.13. The van der Waals surface area contributed by atoms with Crippen LogP contribution in [0.25, 0.3) is 0 Å². The van der Waals surface area contributed by atoms with Crippen molar-refractivity contribution < 1.29 is 17.9 Å². The van der Waals surface area contributed by atoms with Crippen LogP contribution in [0, 0.1) is 0 Å². The van der Waals surface area contributed by atoms with Gasteiger partial charge in [-0.3, -0.25) is 0 Å². The minimum atomic E-state index is -3.54. The number of anilines is 1. The third-order valence-corrected chi connectivity index (χ3v) is 6.82. The van der Waals surface area contributed by atoms with E-state index in [0.717, 1.165) is 11.3 Å². The summed E-state index contributed by atoms with van der Waals surface area (Å²) in [5.74, 6) is 1.44. The summed E-state index contributed by atoms with van der Waals surface area (Å²) in [6.45, 7) is 2.16. The van der Waals surface area contributed by atoms with Crippen LogP contribution in [0.5, 0.6) is 5.75 Å². The fraction of sp³-hybridized carbons (Fsp3) is 0.450. The van der Waals surface area contributed by atoms with Gasteiger partial charge < -0.3 is 19.7 Å². The van der Waals surface area contributed by atoms with Crippen LogP contribution in [-0.4, -0.2) is 76.7 Å². The number of likely N-dealkylation sites (N-methyl/N-ethyl adjacent to an activating group) is 1. The Kier molecular flexibility index (Phi) is 7.07. The van der Waals surface area contributed by atoms with E-state index in [0.29, 0.717) is 38.7 Å². The molecule has 1 N–H and O–H groups in total. The van der Waals surface area contributed by atoms with Crippen molar-refractivity contribution in [2.45, 2.75) is 10.9 Å². The molecule has 1 aliphatic rings. The van der Waals surface area contributed by atoms with Gasteiger partial charge >= 0.3 is 0 Å². The van der Waals surface area contributed by atoms with Gasteiger partial charge in [-0.25, -0.2) is 13.4 Å². The quantitative estimate of drug-likeness (QED) is 0.697. The van der Waals surface area contributed by atoms with Crippen molar-refractivity contribution in [3.8, 4) is 5.75 Å². The normalized spacial score (nSPS) is 16.6. The highest BCUT2D eigenvalue weighted by Gasteiger charge is 2.26. The molecule has 1 aromatic heterocycles. The van der Waals surface area contributed by atoms with Crippen LogP contribution in [0.3, 0.4) is 0 Å². The number of hydrogen-bond acceptors (Lipinski definition) is 7. The van der Waals surface area contributed by atoms with E-state index >= 15 is 0 Å². The van der Waals surface area contributed by atoms with Crippen molar-refractivity contribution >= 4 is 15.8 Å². The van der Waals surface area contributed by atoms with Gasteiger partial charge in [0.05, 0.1) is 26.4 Å². The first kappa shape index (κ1) is 21.5. The number of nitrogens with one attached hydrogen (secondary N) is 1. The molecule has 0 saturated carbocycles.